The van der Waals surface area contributed by atoms with E-state index >= 15 is 0 Å². The van der Waals surface area contributed by atoms with Gasteiger partial charge >= 0.3 is 0 Å². The number of carbonyl (C=O) groups is 2. The lowest BCUT2D eigenvalue weighted by Gasteiger charge is -2.11. The molecule has 0 aromatic heterocycles. The molecule has 0 saturated carbocycles. The molecular weight excluding hydrogens is 290 g/mol. The Balaban J connectivity index is 1.97. The second-order valence-corrected chi connectivity index (χ2v) is 5.19. The molecule has 2 amide bonds. The van der Waals surface area contributed by atoms with E-state index in [0.29, 0.717) is 36.3 Å². The Morgan fingerprint density at radius 3 is 2.43 bits per heavy atom. The van der Waals surface area contributed by atoms with Gasteiger partial charge in [0, 0.05) is 18.7 Å². The topological polar surface area (TPSA) is 84.2 Å². The van der Waals surface area contributed by atoms with E-state index in [1.54, 1.807) is 24.3 Å². The first-order valence-corrected chi connectivity index (χ1v) is 7.61. The smallest absolute Gasteiger partial charge is 0.253 e. The van der Waals surface area contributed by atoms with Gasteiger partial charge in [-0.05, 0) is 43.2 Å². The zero-order valence-corrected chi connectivity index (χ0v) is 13.1. The van der Waals surface area contributed by atoms with Crippen molar-refractivity contribution in [1.29, 1.82) is 0 Å². The van der Waals surface area contributed by atoms with E-state index in [9.17, 15) is 9.59 Å². The molecule has 0 unspecified atom stereocenters. The lowest BCUT2D eigenvalue weighted by Crippen LogP contribution is -2.24. The molecule has 2 aromatic rings. The minimum atomic E-state index is -0.193. The Kier molecular flexibility index (Phi) is 5.74. The van der Waals surface area contributed by atoms with Crippen LogP contribution in [0.3, 0.4) is 0 Å². The van der Waals surface area contributed by atoms with Crippen LogP contribution in [0.1, 0.15) is 29.3 Å². The van der Waals surface area contributed by atoms with Crippen LogP contribution in [-0.2, 0) is 11.2 Å². The highest BCUT2D eigenvalue weighted by molar-refractivity contribution is 6.03. The molecule has 0 radical (unpaired) electrons. The van der Waals surface area contributed by atoms with Crippen molar-refractivity contribution in [2.45, 2.75) is 19.8 Å². The molecule has 0 fully saturated rings. The minimum Gasteiger partial charge on any atom is -0.399 e. The number of benzene rings is 2. The number of anilines is 2. The third kappa shape index (κ3) is 4.85. The Bertz CT molecular complexity index is 681. The lowest BCUT2D eigenvalue weighted by atomic mass is 10.1. The summed E-state index contributed by atoms with van der Waals surface area (Å²) in [6, 6.07) is 14.4. The predicted molar refractivity (Wildman–Crippen MR) is 92.3 cm³/mol. The fraction of sp³-hybridized carbons (Fsp3) is 0.222. The molecule has 0 spiro atoms. The molecule has 4 N–H and O–H groups in total. The number of nitrogens with one attached hydrogen (secondary N) is 2. The minimum absolute atomic E-state index is 0.126. The van der Waals surface area contributed by atoms with Gasteiger partial charge in [-0.1, -0.05) is 24.3 Å². The molecular formula is C18H21N3O2. The van der Waals surface area contributed by atoms with E-state index in [1.807, 2.05) is 31.2 Å². The van der Waals surface area contributed by atoms with Crippen molar-refractivity contribution in [3.05, 3.63) is 59.7 Å². The summed E-state index contributed by atoms with van der Waals surface area (Å²) in [7, 11) is 0. The molecule has 5 nitrogen and oxygen atoms in total. The van der Waals surface area contributed by atoms with Crippen molar-refractivity contribution in [1.82, 2.24) is 5.32 Å². The number of aryl methyl sites for hydroxylation is 1. The molecule has 0 aliphatic rings. The number of nitrogens with two attached hydrogens (primary N) is 1. The fourth-order valence-electron chi connectivity index (χ4n) is 2.20. The molecule has 2 rings (SSSR count). The molecule has 2 aromatic carbocycles. The van der Waals surface area contributed by atoms with Crippen LogP contribution >= 0.6 is 0 Å². The molecule has 0 bridgehead atoms. The first-order chi connectivity index (χ1) is 11.1. The highest BCUT2D eigenvalue weighted by atomic mass is 16.2. The van der Waals surface area contributed by atoms with E-state index in [0.717, 1.165) is 5.56 Å². The summed E-state index contributed by atoms with van der Waals surface area (Å²) in [5.74, 6) is -0.319. The monoisotopic (exact) mass is 311 g/mol. The van der Waals surface area contributed by atoms with Crippen molar-refractivity contribution < 1.29 is 9.59 Å². The van der Waals surface area contributed by atoms with Crippen molar-refractivity contribution in [2.75, 3.05) is 17.6 Å². The average molecular weight is 311 g/mol. The SMILES string of the molecule is CCNC(=O)c1ccccc1NC(=O)CCc1ccc(N)cc1. The van der Waals surface area contributed by atoms with Gasteiger partial charge in [0.05, 0.1) is 11.3 Å². The number of rotatable bonds is 6. The van der Waals surface area contributed by atoms with Crippen molar-refractivity contribution in [3.63, 3.8) is 0 Å². The maximum Gasteiger partial charge on any atom is 0.253 e. The van der Waals surface area contributed by atoms with Crippen LogP contribution in [0.2, 0.25) is 0 Å². The zero-order chi connectivity index (χ0) is 16.7. The second-order valence-electron chi connectivity index (χ2n) is 5.19. The number of hydrogen-bond acceptors (Lipinski definition) is 3. The summed E-state index contributed by atoms with van der Waals surface area (Å²) in [6.07, 6.45) is 0.961. The summed E-state index contributed by atoms with van der Waals surface area (Å²) < 4.78 is 0. The molecule has 0 heterocycles. The summed E-state index contributed by atoms with van der Waals surface area (Å²) in [4.78, 5) is 24.1. The maximum atomic E-state index is 12.1. The van der Waals surface area contributed by atoms with E-state index in [-0.39, 0.29) is 11.8 Å². The van der Waals surface area contributed by atoms with Gasteiger partial charge in [-0.15, -0.1) is 0 Å². The largest absolute Gasteiger partial charge is 0.399 e. The Morgan fingerprint density at radius 1 is 1.04 bits per heavy atom. The van der Waals surface area contributed by atoms with Gasteiger partial charge in [0.15, 0.2) is 0 Å². The van der Waals surface area contributed by atoms with Gasteiger partial charge in [-0.25, -0.2) is 0 Å². The molecule has 5 heteroatoms. The Morgan fingerprint density at radius 2 is 1.74 bits per heavy atom. The number of hydrogen-bond donors (Lipinski definition) is 3. The third-order valence-electron chi connectivity index (χ3n) is 3.40. The van der Waals surface area contributed by atoms with Gasteiger partial charge in [0.25, 0.3) is 5.91 Å². The standard InChI is InChI=1S/C18H21N3O2/c1-2-20-18(23)15-5-3-4-6-16(15)21-17(22)12-9-13-7-10-14(19)11-8-13/h3-8,10-11H,2,9,12,19H2,1H3,(H,20,23)(H,21,22). The molecule has 0 atom stereocenters. The van der Waals surface area contributed by atoms with Gasteiger partial charge in [0.1, 0.15) is 0 Å². The Labute approximate surface area is 135 Å². The van der Waals surface area contributed by atoms with Crippen LogP contribution in [0.15, 0.2) is 48.5 Å². The van der Waals surface area contributed by atoms with Gasteiger partial charge < -0.3 is 16.4 Å². The quantitative estimate of drug-likeness (QED) is 0.717. The summed E-state index contributed by atoms with van der Waals surface area (Å²) in [5.41, 5.74) is 8.38. The first kappa shape index (κ1) is 16.5. The molecule has 23 heavy (non-hydrogen) atoms. The van der Waals surface area contributed by atoms with E-state index in [1.165, 1.54) is 0 Å². The summed E-state index contributed by atoms with van der Waals surface area (Å²) in [5, 5.41) is 5.54. The van der Waals surface area contributed by atoms with Crippen LogP contribution in [0.5, 0.6) is 0 Å². The van der Waals surface area contributed by atoms with E-state index in [4.69, 9.17) is 5.73 Å². The highest BCUT2D eigenvalue weighted by Crippen LogP contribution is 2.16. The van der Waals surface area contributed by atoms with Crippen LogP contribution in [0.4, 0.5) is 11.4 Å². The summed E-state index contributed by atoms with van der Waals surface area (Å²) in [6.45, 7) is 2.39. The third-order valence-corrected chi connectivity index (χ3v) is 3.40. The van der Waals surface area contributed by atoms with Gasteiger partial charge in [-0.2, -0.15) is 0 Å². The molecule has 0 saturated heterocycles. The predicted octanol–water partition coefficient (Wildman–Crippen LogP) is 2.59. The average Bonchev–Trinajstić information content (AvgIpc) is 2.55. The van der Waals surface area contributed by atoms with Crippen molar-refractivity contribution in [3.8, 4) is 0 Å². The van der Waals surface area contributed by atoms with E-state index in [2.05, 4.69) is 10.6 Å². The zero-order valence-electron chi connectivity index (χ0n) is 13.1. The van der Waals surface area contributed by atoms with Crippen LogP contribution in [0, 0.1) is 0 Å². The lowest BCUT2D eigenvalue weighted by molar-refractivity contribution is -0.116. The number of carbonyl (C=O) groups excluding carboxylic acids is 2. The molecule has 0 aliphatic heterocycles. The fourth-order valence-corrected chi connectivity index (χ4v) is 2.20. The number of amides is 2. The van der Waals surface area contributed by atoms with E-state index < -0.39 is 0 Å². The summed E-state index contributed by atoms with van der Waals surface area (Å²) >= 11 is 0. The normalized spacial score (nSPS) is 10.1. The highest BCUT2D eigenvalue weighted by Gasteiger charge is 2.12. The van der Waals surface area contributed by atoms with Crippen LogP contribution in [-0.4, -0.2) is 18.4 Å². The molecule has 0 aliphatic carbocycles. The van der Waals surface area contributed by atoms with Crippen molar-refractivity contribution in [2.24, 2.45) is 0 Å². The van der Waals surface area contributed by atoms with Crippen molar-refractivity contribution >= 4 is 23.2 Å². The van der Waals surface area contributed by atoms with Gasteiger partial charge in [-0.3, -0.25) is 9.59 Å². The van der Waals surface area contributed by atoms with Crippen LogP contribution < -0.4 is 16.4 Å². The number of para-hydroxylation sites is 1. The Hall–Kier alpha value is -2.82. The van der Waals surface area contributed by atoms with Crippen LogP contribution in [0.25, 0.3) is 0 Å². The molecule has 120 valence electrons. The maximum absolute atomic E-state index is 12.1. The second kappa shape index (κ2) is 7.98. The number of nitrogen functional groups attached to an aromatic ring is 1. The van der Waals surface area contributed by atoms with Gasteiger partial charge in [0.2, 0.25) is 5.91 Å². The first-order valence-electron chi connectivity index (χ1n) is 7.61.